The minimum Gasteiger partial charge on any atom is -0.376 e. The summed E-state index contributed by atoms with van der Waals surface area (Å²) in [4.78, 5) is 15.8. The van der Waals surface area contributed by atoms with Gasteiger partial charge in [-0.25, -0.2) is 0 Å². The molecule has 0 aromatic rings. The van der Waals surface area contributed by atoms with Crippen molar-refractivity contribution in [2.24, 2.45) is 0 Å². The van der Waals surface area contributed by atoms with E-state index in [2.05, 4.69) is 30.3 Å². The van der Waals surface area contributed by atoms with Crippen LogP contribution in [-0.2, 0) is 4.79 Å². The smallest absolute Gasteiger partial charge is 0.219 e. The number of likely N-dealkylation sites (tertiary alicyclic amines) is 1. The quantitative estimate of drug-likeness (QED) is 0.672. The highest BCUT2D eigenvalue weighted by molar-refractivity contribution is 5.74. The normalized spacial score (nSPS) is 25.6. The molecule has 2 aliphatic rings. The fourth-order valence-corrected chi connectivity index (χ4v) is 2.56. The molecule has 16 heavy (non-hydrogen) atoms. The molecule has 0 aromatic heterocycles. The molecule has 3 heteroatoms. The van der Waals surface area contributed by atoms with Crippen LogP contribution in [0.3, 0.4) is 0 Å². The zero-order chi connectivity index (χ0) is 11.5. The zero-order valence-electron chi connectivity index (χ0n) is 10.1. The maximum Gasteiger partial charge on any atom is 0.219 e. The molecule has 0 N–H and O–H groups in total. The summed E-state index contributed by atoms with van der Waals surface area (Å²) in [5.74, 6) is 0.201. The van der Waals surface area contributed by atoms with Crippen molar-refractivity contribution in [3.8, 4) is 0 Å². The maximum atomic E-state index is 11.6. The van der Waals surface area contributed by atoms with Gasteiger partial charge in [0.05, 0.1) is 6.04 Å². The Hall–Kier alpha value is -1.25. The summed E-state index contributed by atoms with van der Waals surface area (Å²) >= 11 is 0. The van der Waals surface area contributed by atoms with Crippen molar-refractivity contribution in [3.05, 3.63) is 23.9 Å². The molecule has 1 amide bonds. The summed E-state index contributed by atoms with van der Waals surface area (Å²) in [5.41, 5.74) is 1.28. The van der Waals surface area contributed by atoms with Crippen molar-refractivity contribution in [2.75, 3.05) is 20.1 Å². The minimum absolute atomic E-state index is 0.201. The van der Waals surface area contributed by atoms with E-state index in [1.165, 1.54) is 12.0 Å². The van der Waals surface area contributed by atoms with Crippen LogP contribution in [0.15, 0.2) is 23.9 Å². The van der Waals surface area contributed by atoms with Crippen LogP contribution in [0.25, 0.3) is 0 Å². The van der Waals surface area contributed by atoms with Gasteiger partial charge in [-0.1, -0.05) is 12.2 Å². The van der Waals surface area contributed by atoms with E-state index in [4.69, 9.17) is 0 Å². The van der Waals surface area contributed by atoms with Gasteiger partial charge in [0, 0.05) is 33.3 Å². The fraction of sp³-hybridized carbons (Fsp3) is 0.615. The third-order valence-electron chi connectivity index (χ3n) is 3.37. The van der Waals surface area contributed by atoms with Crippen LogP contribution >= 0.6 is 0 Å². The van der Waals surface area contributed by atoms with E-state index in [1.807, 2.05) is 4.90 Å². The van der Waals surface area contributed by atoms with E-state index in [9.17, 15) is 4.79 Å². The lowest BCUT2D eigenvalue weighted by atomic mass is 9.94. The van der Waals surface area contributed by atoms with Crippen LogP contribution in [0.5, 0.6) is 0 Å². The summed E-state index contributed by atoms with van der Waals surface area (Å²) in [5, 5.41) is 0. The highest BCUT2D eigenvalue weighted by Crippen LogP contribution is 2.25. The molecule has 0 bridgehead atoms. The van der Waals surface area contributed by atoms with Crippen LogP contribution in [-0.4, -0.2) is 41.9 Å². The number of piperidine rings is 1. The number of likely N-dealkylation sites (N-methyl/N-ethyl adjacent to an activating group) is 1. The van der Waals surface area contributed by atoms with E-state index in [0.29, 0.717) is 6.04 Å². The second-order valence-electron chi connectivity index (χ2n) is 4.70. The van der Waals surface area contributed by atoms with Crippen LogP contribution in [0.1, 0.15) is 26.2 Å². The molecular weight excluding hydrogens is 200 g/mol. The Bertz CT molecular complexity index is 333. The molecule has 1 fully saturated rings. The van der Waals surface area contributed by atoms with E-state index >= 15 is 0 Å². The summed E-state index contributed by atoms with van der Waals surface area (Å²) in [6.45, 7) is 3.56. The zero-order valence-corrected chi connectivity index (χ0v) is 10.1. The topological polar surface area (TPSA) is 23.6 Å². The Labute approximate surface area is 97.4 Å². The van der Waals surface area contributed by atoms with Gasteiger partial charge >= 0.3 is 0 Å². The van der Waals surface area contributed by atoms with Crippen molar-refractivity contribution in [1.82, 2.24) is 9.80 Å². The van der Waals surface area contributed by atoms with Crippen molar-refractivity contribution in [2.45, 2.75) is 32.2 Å². The van der Waals surface area contributed by atoms with Crippen molar-refractivity contribution < 1.29 is 4.79 Å². The lowest BCUT2D eigenvalue weighted by Gasteiger charge is -2.37. The molecule has 0 spiro atoms. The Morgan fingerprint density at radius 3 is 2.94 bits per heavy atom. The van der Waals surface area contributed by atoms with Gasteiger partial charge in [0.2, 0.25) is 5.91 Å². The second kappa shape index (κ2) is 4.73. The predicted molar refractivity (Wildman–Crippen MR) is 64.9 cm³/mol. The number of carbonyl (C=O) groups excluding carboxylic acids is 1. The number of hydrogen-bond donors (Lipinski definition) is 0. The number of hydrogen-bond acceptors (Lipinski definition) is 2. The van der Waals surface area contributed by atoms with Crippen molar-refractivity contribution in [1.29, 1.82) is 0 Å². The van der Waals surface area contributed by atoms with Gasteiger partial charge in [-0.15, -0.1) is 0 Å². The van der Waals surface area contributed by atoms with E-state index < -0.39 is 0 Å². The molecule has 0 aromatic carbocycles. The molecule has 0 saturated carbocycles. The number of nitrogens with zero attached hydrogens (tertiary/aromatic N) is 2. The Morgan fingerprint density at radius 1 is 1.44 bits per heavy atom. The number of carbonyl (C=O) groups is 1. The monoisotopic (exact) mass is 220 g/mol. The van der Waals surface area contributed by atoms with E-state index in [-0.39, 0.29) is 5.91 Å². The average molecular weight is 220 g/mol. The van der Waals surface area contributed by atoms with Gasteiger partial charge in [0.1, 0.15) is 0 Å². The molecule has 2 heterocycles. The Kier molecular flexibility index (Phi) is 3.32. The van der Waals surface area contributed by atoms with Crippen molar-refractivity contribution >= 4 is 5.91 Å². The Morgan fingerprint density at radius 2 is 2.25 bits per heavy atom. The molecule has 1 saturated heterocycles. The van der Waals surface area contributed by atoms with Gasteiger partial charge in [-0.05, 0) is 24.8 Å². The van der Waals surface area contributed by atoms with Gasteiger partial charge in [-0.2, -0.15) is 0 Å². The lowest BCUT2D eigenvalue weighted by molar-refractivity contribution is -0.131. The third kappa shape index (κ3) is 2.29. The molecule has 1 unspecified atom stereocenters. The first kappa shape index (κ1) is 11.2. The van der Waals surface area contributed by atoms with Crippen LogP contribution in [0, 0.1) is 0 Å². The van der Waals surface area contributed by atoms with Crippen molar-refractivity contribution in [3.63, 3.8) is 0 Å². The highest BCUT2D eigenvalue weighted by Gasteiger charge is 2.27. The van der Waals surface area contributed by atoms with Crippen LogP contribution < -0.4 is 0 Å². The molecule has 0 aliphatic carbocycles. The lowest BCUT2D eigenvalue weighted by Crippen LogP contribution is -2.44. The summed E-state index contributed by atoms with van der Waals surface area (Å²) in [7, 11) is 2.07. The molecule has 3 nitrogen and oxygen atoms in total. The molecule has 1 atom stereocenters. The van der Waals surface area contributed by atoms with Gasteiger partial charge in [-0.3, -0.25) is 4.79 Å². The first-order chi connectivity index (χ1) is 7.68. The molecule has 2 aliphatic heterocycles. The summed E-state index contributed by atoms with van der Waals surface area (Å²) < 4.78 is 0. The fourth-order valence-electron chi connectivity index (χ4n) is 2.56. The van der Waals surface area contributed by atoms with Gasteiger partial charge < -0.3 is 9.80 Å². The second-order valence-corrected chi connectivity index (χ2v) is 4.70. The molecule has 0 radical (unpaired) electrons. The standard InChI is InChI=1S/C13H20N2O/c1-11(16)15-9-4-3-7-13(15)12-6-5-8-14(2)10-12/h5-6,10,13H,3-4,7-9H2,1-2H3. The Balaban J connectivity index is 2.17. The minimum atomic E-state index is 0.201. The van der Waals surface area contributed by atoms with Gasteiger partial charge in [0.15, 0.2) is 0 Å². The average Bonchev–Trinajstić information content (AvgIpc) is 2.29. The third-order valence-corrected chi connectivity index (χ3v) is 3.37. The van der Waals surface area contributed by atoms with Crippen LogP contribution in [0.4, 0.5) is 0 Å². The summed E-state index contributed by atoms with van der Waals surface area (Å²) in [6.07, 6.45) is 9.98. The largest absolute Gasteiger partial charge is 0.376 e. The first-order valence-corrected chi connectivity index (χ1v) is 6.04. The van der Waals surface area contributed by atoms with E-state index in [0.717, 1.165) is 25.9 Å². The van der Waals surface area contributed by atoms with Gasteiger partial charge in [0.25, 0.3) is 0 Å². The maximum absolute atomic E-state index is 11.6. The summed E-state index contributed by atoms with van der Waals surface area (Å²) in [6, 6.07) is 0.297. The first-order valence-electron chi connectivity index (χ1n) is 6.04. The highest BCUT2D eigenvalue weighted by atomic mass is 16.2. The molecule has 2 rings (SSSR count). The SMILES string of the molecule is CC(=O)N1CCCCC1C1=CN(C)CC=C1. The number of amides is 1. The molecular formula is C13H20N2O. The predicted octanol–water partition coefficient (Wildman–Crippen LogP) is 1.77. The number of rotatable bonds is 1. The van der Waals surface area contributed by atoms with Crippen LogP contribution in [0.2, 0.25) is 0 Å². The van der Waals surface area contributed by atoms with E-state index in [1.54, 1.807) is 6.92 Å². The molecule has 88 valence electrons.